The van der Waals surface area contributed by atoms with Crippen LogP contribution in [-0.2, 0) is 11.3 Å². The van der Waals surface area contributed by atoms with E-state index < -0.39 is 0 Å². The van der Waals surface area contributed by atoms with Gasteiger partial charge in [-0.25, -0.2) is 0 Å². The fourth-order valence-corrected chi connectivity index (χ4v) is 1.49. The molecular formula is C13H20O4. The molecule has 0 aliphatic rings. The summed E-state index contributed by atoms with van der Waals surface area (Å²) in [6, 6.07) is 5.47. The minimum atomic E-state index is -0.0575. The summed E-state index contributed by atoms with van der Waals surface area (Å²) < 4.78 is 16.1. The van der Waals surface area contributed by atoms with Crippen LogP contribution in [-0.4, -0.2) is 32.0 Å². The van der Waals surface area contributed by atoms with Crippen molar-refractivity contribution >= 4 is 0 Å². The fraction of sp³-hybridized carbons (Fsp3) is 0.538. The molecule has 96 valence electrons. The van der Waals surface area contributed by atoms with Crippen LogP contribution in [0.25, 0.3) is 0 Å². The summed E-state index contributed by atoms with van der Waals surface area (Å²) in [4.78, 5) is 0. The predicted octanol–water partition coefficient (Wildman–Crippen LogP) is 1.99. The first-order chi connectivity index (χ1) is 8.33. The molecular weight excluding hydrogens is 220 g/mol. The van der Waals surface area contributed by atoms with Gasteiger partial charge in [-0.05, 0) is 13.0 Å². The zero-order valence-electron chi connectivity index (χ0n) is 10.4. The molecule has 0 bridgehead atoms. The minimum Gasteiger partial charge on any atom is -0.493 e. The van der Waals surface area contributed by atoms with E-state index in [0.29, 0.717) is 24.7 Å². The van der Waals surface area contributed by atoms with E-state index in [9.17, 15) is 5.11 Å². The Morgan fingerprint density at radius 1 is 1.24 bits per heavy atom. The Morgan fingerprint density at radius 2 is 2.06 bits per heavy atom. The molecule has 0 saturated carbocycles. The number of aliphatic hydroxyl groups is 1. The average Bonchev–Trinajstić information content (AvgIpc) is 2.38. The molecule has 0 aliphatic heterocycles. The molecule has 0 heterocycles. The lowest BCUT2D eigenvalue weighted by molar-refractivity contribution is 0.129. The number of ether oxygens (including phenoxy) is 3. The third kappa shape index (κ3) is 4.24. The topological polar surface area (TPSA) is 47.9 Å². The van der Waals surface area contributed by atoms with Gasteiger partial charge < -0.3 is 19.3 Å². The second-order valence-corrected chi connectivity index (χ2v) is 3.51. The number of benzene rings is 1. The van der Waals surface area contributed by atoms with Crippen molar-refractivity contribution in [2.24, 2.45) is 0 Å². The summed E-state index contributed by atoms with van der Waals surface area (Å²) >= 11 is 0. The Hall–Kier alpha value is -1.26. The van der Waals surface area contributed by atoms with Gasteiger partial charge in [-0.3, -0.25) is 0 Å². The summed E-state index contributed by atoms with van der Waals surface area (Å²) in [5.41, 5.74) is 0.737. The average molecular weight is 240 g/mol. The monoisotopic (exact) mass is 240 g/mol. The maximum absolute atomic E-state index is 9.22. The van der Waals surface area contributed by atoms with Crippen molar-refractivity contribution in [3.63, 3.8) is 0 Å². The van der Waals surface area contributed by atoms with Crippen LogP contribution in [0.15, 0.2) is 18.2 Å². The van der Waals surface area contributed by atoms with Gasteiger partial charge in [-0.1, -0.05) is 12.1 Å². The van der Waals surface area contributed by atoms with E-state index in [1.54, 1.807) is 7.11 Å². The fourth-order valence-electron chi connectivity index (χ4n) is 1.49. The SMILES string of the molecule is CCOCCCOc1c(CO)cccc1OC. The predicted molar refractivity (Wildman–Crippen MR) is 65.5 cm³/mol. The van der Waals surface area contributed by atoms with E-state index in [-0.39, 0.29) is 6.61 Å². The van der Waals surface area contributed by atoms with Crippen LogP contribution in [0.3, 0.4) is 0 Å². The van der Waals surface area contributed by atoms with Crippen molar-refractivity contribution in [3.05, 3.63) is 23.8 Å². The van der Waals surface area contributed by atoms with Crippen molar-refractivity contribution in [1.82, 2.24) is 0 Å². The summed E-state index contributed by atoms with van der Waals surface area (Å²) in [6.45, 7) is 3.85. The normalized spacial score (nSPS) is 10.3. The highest BCUT2D eigenvalue weighted by Crippen LogP contribution is 2.31. The van der Waals surface area contributed by atoms with Gasteiger partial charge in [0.05, 0.1) is 20.3 Å². The van der Waals surface area contributed by atoms with Crippen LogP contribution in [0.5, 0.6) is 11.5 Å². The van der Waals surface area contributed by atoms with Gasteiger partial charge in [-0.15, -0.1) is 0 Å². The quantitative estimate of drug-likeness (QED) is 0.706. The van der Waals surface area contributed by atoms with Crippen molar-refractivity contribution in [1.29, 1.82) is 0 Å². The molecule has 0 atom stereocenters. The third-order valence-corrected chi connectivity index (χ3v) is 2.33. The van der Waals surface area contributed by atoms with E-state index in [2.05, 4.69) is 0 Å². The number of hydrogen-bond donors (Lipinski definition) is 1. The van der Waals surface area contributed by atoms with Gasteiger partial charge in [0.1, 0.15) is 0 Å². The van der Waals surface area contributed by atoms with Gasteiger partial charge in [0.15, 0.2) is 11.5 Å². The van der Waals surface area contributed by atoms with Gasteiger partial charge in [0.25, 0.3) is 0 Å². The lowest BCUT2D eigenvalue weighted by atomic mass is 10.2. The molecule has 1 aromatic carbocycles. The highest BCUT2D eigenvalue weighted by Gasteiger charge is 2.09. The van der Waals surface area contributed by atoms with Crippen LogP contribution >= 0.6 is 0 Å². The molecule has 4 nitrogen and oxygen atoms in total. The zero-order chi connectivity index (χ0) is 12.5. The van der Waals surface area contributed by atoms with Crippen molar-refractivity contribution < 1.29 is 19.3 Å². The van der Waals surface area contributed by atoms with E-state index in [0.717, 1.165) is 18.6 Å². The maximum atomic E-state index is 9.22. The molecule has 0 unspecified atom stereocenters. The number of aliphatic hydroxyl groups excluding tert-OH is 1. The molecule has 4 heteroatoms. The molecule has 0 aliphatic carbocycles. The van der Waals surface area contributed by atoms with E-state index >= 15 is 0 Å². The van der Waals surface area contributed by atoms with E-state index in [1.165, 1.54) is 0 Å². The summed E-state index contributed by atoms with van der Waals surface area (Å²) in [5.74, 6) is 1.27. The molecule has 0 spiro atoms. The van der Waals surface area contributed by atoms with Crippen LogP contribution < -0.4 is 9.47 Å². The summed E-state index contributed by atoms with van der Waals surface area (Å²) in [5, 5.41) is 9.22. The molecule has 1 N–H and O–H groups in total. The second-order valence-electron chi connectivity index (χ2n) is 3.51. The number of methoxy groups -OCH3 is 1. The second kappa shape index (κ2) is 7.92. The van der Waals surface area contributed by atoms with Gasteiger partial charge in [0, 0.05) is 25.2 Å². The molecule has 0 radical (unpaired) electrons. The molecule has 17 heavy (non-hydrogen) atoms. The van der Waals surface area contributed by atoms with Crippen molar-refractivity contribution in [2.75, 3.05) is 26.9 Å². The number of rotatable bonds is 8. The standard InChI is InChI=1S/C13H20O4/c1-3-16-8-5-9-17-13-11(10-14)6-4-7-12(13)15-2/h4,6-7,14H,3,5,8-10H2,1-2H3. The number of hydrogen-bond acceptors (Lipinski definition) is 4. The highest BCUT2D eigenvalue weighted by molar-refractivity contribution is 5.46. The summed E-state index contributed by atoms with van der Waals surface area (Å²) in [7, 11) is 1.59. The minimum absolute atomic E-state index is 0.0575. The largest absolute Gasteiger partial charge is 0.493 e. The van der Waals surface area contributed by atoms with Gasteiger partial charge in [-0.2, -0.15) is 0 Å². The smallest absolute Gasteiger partial charge is 0.166 e. The van der Waals surface area contributed by atoms with Gasteiger partial charge in [0.2, 0.25) is 0 Å². The van der Waals surface area contributed by atoms with Crippen molar-refractivity contribution in [3.8, 4) is 11.5 Å². The van der Waals surface area contributed by atoms with E-state index in [1.807, 2.05) is 25.1 Å². The molecule has 0 aromatic heterocycles. The molecule has 0 saturated heterocycles. The van der Waals surface area contributed by atoms with Crippen LogP contribution in [0.2, 0.25) is 0 Å². The van der Waals surface area contributed by atoms with E-state index in [4.69, 9.17) is 14.2 Å². The van der Waals surface area contributed by atoms with Gasteiger partial charge >= 0.3 is 0 Å². The Morgan fingerprint density at radius 3 is 2.71 bits per heavy atom. The van der Waals surface area contributed by atoms with Crippen LogP contribution in [0.1, 0.15) is 18.9 Å². The van der Waals surface area contributed by atoms with Crippen molar-refractivity contribution in [2.45, 2.75) is 20.0 Å². The highest BCUT2D eigenvalue weighted by atomic mass is 16.5. The Balaban J connectivity index is 2.55. The lowest BCUT2D eigenvalue weighted by Gasteiger charge is -2.13. The Kier molecular flexibility index (Phi) is 6.43. The molecule has 1 rings (SSSR count). The lowest BCUT2D eigenvalue weighted by Crippen LogP contribution is -2.05. The molecule has 0 amide bonds. The zero-order valence-corrected chi connectivity index (χ0v) is 10.4. The summed E-state index contributed by atoms with van der Waals surface area (Å²) in [6.07, 6.45) is 0.816. The Bertz CT molecular complexity index is 303. The van der Waals surface area contributed by atoms with Crippen LogP contribution in [0, 0.1) is 0 Å². The maximum Gasteiger partial charge on any atom is 0.166 e. The Labute approximate surface area is 102 Å². The first kappa shape index (κ1) is 13.8. The number of para-hydroxylation sites is 1. The first-order valence-corrected chi connectivity index (χ1v) is 5.80. The third-order valence-electron chi connectivity index (χ3n) is 2.33. The molecule has 1 aromatic rings. The molecule has 0 fully saturated rings. The van der Waals surface area contributed by atoms with Crippen LogP contribution in [0.4, 0.5) is 0 Å². The first-order valence-electron chi connectivity index (χ1n) is 5.80.